The van der Waals surface area contributed by atoms with E-state index in [0.717, 1.165) is 16.3 Å². The maximum atomic E-state index is 10.2. The van der Waals surface area contributed by atoms with Crippen molar-refractivity contribution in [1.82, 2.24) is 0 Å². The van der Waals surface area contributed by atoms with Crippen molar-refractivity contribution >= 4 is 26.7 Å². The van der Waals surface area contributed by atoms with Crippen LogP contribution in [0.2, 0.25) is 0 Å². The summed E-state index contributed by atoms with van der Waals surface area (Å²) in [5.74, 6) is 0.320. The number of benzene rings is 4. The maximum Gasteiger partial charge on any atom is 0.100 e. The van der Waals surface area contributed by atoms with Gasteiger partial charge in [0.1, 0.15) is 6.07 Å². The van der Waals surface area contributed by atoms with E-state index in [1.54, 1.807) is 0 Å². The Hall–Kier alpha value is -2.89. The zero-order valence-electron chi connectivity index (χ0n) is 15.1. The molecule has 0 heterocycles. The summed E-state index contributed by atoms with van der Waals surface area (Å²) in [6.45, 7) is 0. The molecule has 0 radical (unpaired) electrons. The van der Waals surface area contributed by atoms with Crippen LogP contribution in [0, 0.1) is 11.3 Å². The predicted octanol–water partition coefficient (Wildman–Crippen LogP) is 6.59. The monoisotopic (exact) mass is 421 g/mol. The molecular formula is C26H16BrN. The van der Waals surface area contributed by atoms with Gasteiger partial charge >= 0.3 is 0 Å². The van der Waals surface area contributed by atoms with Crippen molar-refractivity contribution in [2.24, 2.45) is 0 Å². The van der Waals surface area contributed by atoms with Gasteiger partial charge in [-0.3, -0.25) is 0 Å². The Labute approximate surface area is 172 Å². The number of hydrogen-bond donors (Lipinski definition) is 0. The van der Waals surface area contributed by atoms with Crippen LogP contribution in [-0.4, -0.2) is 0 Å². The van der Waals surface area contributed by atoms with Crippen LogP contribution in [0.3, 0.4) is 0 Å². The average Bonchev–Trinajstić information content (AvgIpc) is 2.77. The van der Waals surface area contributed by atoms with Gasteiger partial charge < -0.3 is 0 Å². The van der Waals surface area contributed by atoms with Gasteiger partial charge in [-0.25, -0.2) is 0 Å². The molecule has 4 aromatic rings. The van der Waals surface area contributed by atoms with Crippen LogP contribution in [0.1, 0.15) is 56.3 Å². The van der Waals surface area contributed by atoms with Gasteiger partial charge in [0.25, 0.3) is 0 Å². The summed E-state index contributed by atoms with van der Waals surface area (Å²) in [4.78, 5) is 0. The quantitative estimate of drug-likeness (QED) is 0.274. The van der Waals surface area contributed by atoms with Gasteiger partial charge in [-0.05, 0) is 44.3 Å². The molecule has 0 saturated heterocycles. The van der Waals surface area contributed by atoms with Crippen LogP contribution in [0.15, 0.2) is 72.8 Å². The summed E-state index contributed by atoms with van der Waals surface area (Å²) >= 11 is 3.77. The van der Waals surface area contributed by atoms with Crippen molar-refractivity contribution in [2.45, 2.75) is 17.2 Å². The summed E-state index contributed by atoms with van der Waals surface area (Å²) < 4.78 is 0. The first-order valence-electron chi connectivity index (χ1n) is 9.56. The van der Waals surface area contributed by atoms with Crippen LogP contribution in [0.4, 0.5) is 0 Å². The lowest BCUT2D eigenvalue weighted by molar-refractivity contribution is 0.748. The van der Waals surface area contributed by atoms with E-state index < -0.39 is 0 Å². The fraction of sp³-hybridized carbons (Fsp3) is 0.115. The number of rotatable bonds is 1. The lowest BCUT2D eigenvalue weighted by atomic mass is 9.59. The lowest BCUT2D eigenvalue weighted by Gasteiger charge is -2.44. The Balaban J connectivity index is 1.86. The van der Waals surface area contributed by atoms with Crippen molar-refractivity contribution in [3.63, 3.8) is 0 Å². The van der Waals surface area contributed by atoms with Crippen LogP contribution in [0.25, 0.3) is 10.8 Å². The molecule has 2 bridgehead atoms. The van der Waals surface area contributed by atoms with Crippen molar-refractivity contribution in [1.29, 1.82) is 5.26 Å². The molecule has 0 saturated carbocycles. The van der Waals surface area contributed by atoms with Crippen LogP contribution >= 0.6 is 15.9 Å². The lowest BCUT2D eigenvalue weighted by Crippen LogP contribution is -2.29. The van der Waals surface area contributed by atoms with Crippen molar-refractivity contribution in [3.05, 3.63) is 117 Å². The van der Waals surface area contributed by atoms with Crippen molar-refractivity contribution in [2.75, 3.05) is 0 Å². The van der Waals surface area contributed by atoms with Gasteiger partial charge in [0, 0.05) is 22.6 Å². The first kappa shape index (κ1) is 16.1. The highest BCUT2D eigenvalue weighted by molar-refractivity contribution is 9.08. The van der Waals surface area contributed by atoms with Gasteiger partial charge in [0.15, 0.2) is 0 Å². The van der Waals surface area contributed by atoms with Crippen molar-refractivity contribution < 1.29 is 0 Å². The molecule has 0 spiro atoms. The van der Waals surface area contributed by atoms with Gasteiger partial charge in [-0.2, -0.15) is 5.26 Å². The third kappa shape index (κ3) is 1.85. The third-order valence-corrected chi connectivity index (χ3v) is 7.03. The fourth-order valence-electron chi connectivity index (χ4n) is 5.48. The minimum absolute atomic E-state index is 0.129. The fourth-order valence-corrected chi connectivity index (χ4v) is 6.08. The van der Waals surface area contributed by atoms with Gasteiger partial charge in [0.2, 0.25) is 0 Å². The Morgan fingerprint density at radius 2 is 1.14 bits per heavy atom. The molecule has 1 nitrogen and oxygen atoms in total. The smallest absolute Gasteiger partial charge is 0.100 e. The predicted molar refractivity (Wildman–Crippen MR) is 116 cm³/mol. The minimum atomic E-state index is 0.129. The van der Waals surface area contributed by atoms with E-state index in [2.05, 4.69) is 88.7 Å². The van der Waals surface area contributed by atoms with Crippen LogP contribution < -0.4 is 0 Å². The van der Waals surface area contributed by atoms with E-state index >= 15 is 0 Å². The Morgan fingerprint density at radius 1 is 0.679 bits per heavy atom. The van der Waals surface area contributed by atoms with Gasteiger partial charge in [0.05, 0.1) is 5.56 Å². The second-order valence-corrected chi connectivity index (χ2v) is 8.16. The number of halogens is 1. The summed E-state index contributed by atoms with van der Waals surface area (Å²) in [5.41, 5.74) is 10.2. The largest absolute Gasteiger partial charge is 0.192 e. The van der Waals surface area contributed by atoms with E-state index in [0.29, 0.717) is 0 Å². The second-order valence-electron chi connectivity index (χ2n) is 7.60. The molecule has 132 valence electrons. The van der Waals surface area contributed by atoms with Crippen LogP contribution in [0.5, 0.6) is 0 Å². The molecule has 0 amide bonds. The molecule has 7 rings (SSSR count). The van der Waals surface area contributed by atoms with E-state index in [1.807, 2.05) is 6.07 Å². The SMILES string of the molecule is N#Cc1c2c(c(CBr)c3ccccc13)C1c3ccccc3C2c2ccccc21. The number of hydrogen-bond acceptors (Lipinski definition) is 1. The zero-order chi connectivity index (χ0) is 18.8. The molecule has 28 heavy (non-hydrogen) atoms. The summed E-state index contributed by atoms with van der Waals surface area (Å²) in [5, 5.41) is 13.3. The van der Waals surface area contributed by atoms with Crippen LogP contribution in [-0.2, 0) is 5.33 Å². The van der Waals surface area contributed by atoms with E-state index in [4.69, 9.17) is 0 Å². The molecule has 0 N–H and O–H groups in total. The zero-order valence-corrected chi connectivity index (χ0v) is 16.7. The molecule has 4 aromatic carbocycles. The molecule has 0 unspecified atom stereocenters. The highest BCUT2D eigenvalue weighted by Crippen LogP contribution is 2.58. The van der Waals surface area contributed by atoms with Gasteiger partial charge in [-0.15, -0.1) is 0 Å². The molecule has 0 atom stereocenters. The minimum Gasteiger partial charge on any atom is -0.192 e. The number of nitrogens with zero attached hydrogens (tertiary/aromatic N) is 1. The molecule has 3 aliphatic carbocycles. The number of alkyl halides is 1. The Bertz CT molecular complexity index is 1280. The van der Waals surface area contributed by atoms with E-state index in [9.17, 15) is 5.26 Å². The highest BCUT2D eigenvalue weighted by atomic mass is 79.9. The third-order valence-electron chi connectivity index (χ3n) is 6.46. The average molecular weight is 422 g/mol. The summed E-state index contributed by atoms with van der Waals surface area (Å²) in [6.07, 6.45) is 0. The summed E-state index contributed by atoms with van der Waals surface area (Å²) in [6, 6.07) is 28.5. The molecule has 3 aliphatic rings. The second kappa shape index (κ2) is 5.80. The van der Waals surface area contributed by atoms with Crippen molar-refractivity contribution in [3.8, 4) is 6.07 Å². The number of fused-ring (bicyclic) bond motifs is 1. The normalized spacial score (nSPS) is 18.3. The standard InChI is InChI=1S/C26H16BrN/c27-13-21-15-7-1-2-8-16(15)22(14-28)26-24-19-11-5-3-9-17(19)23(25(21)26)18-10-4-6-12-20(18)24/h1-12,23-24H,13H2. The maximum absolute atomic E-state index is 10.2. The molecule has 0 aliphatic heterocycles. The van der Waals surface area contributed by atoms with E-state index in [-0.39, 0.29) is 11.8 Å². The summed E-state index contributed by atoms with van der Waals surface area (Å²) in [7, 11) is 0. The molecule has 0 fully saturated rings. The highest BCUT2D eigenvalue weighted by Gasteiger charge is 2.44. The first-order chi connectivity index (χ1) is 13.8. The number of nitriles is 1. The first-order valence-corrected chi connectivity index (χ1v) is 10.7. The topological polar surface area (TPSA) is 23.8 Å². The molecule has 0 aromatic heterocycles. The van der Waals surface area contributed by atoms with Gasteiger partial charge in [-0.1, -0.05) is 88.7 Å². The molecular weight excluding hydrogens is 406 g/mol. The Kier molecular flexibility index (Phi) is 3.34. The Morgan fingerprint density at radius 3 is 1.64 bits per heavy atom. The molecule has 2 heteroatoms. The van der Waals surface area contributed by atoms with E-state index in [1.165, 1.54) is 44.3 Å².